The first-order chi connectivity index (χ1) is 16.4. The van der Waals surface area contributed by atoms with Crippen LogP contribution in [0.5, 0.6) is 0 Å². The summed E-state index contributed by atoms with van der Waals surface area (Å²) < 4.78 is 77.3. The monoisotopic (exact) mass is 530 g/mol. The molecule has 190 valence electrons. The number of imidazole rings is 1. The fourth-order valence-corrected chi connectivity index (χ4v) is 3.33. The number of nitrogen functional groups attached to an aromatic ring is 1. The summed E-state index contributed by atoms with van der Waals surface area (Å²) in [5.74, 6) is 0. The maximum absolute atomic E-state index is 12.9. The van der Waals surface area contributed by atoms with Crippen LogP contribution in [0.4, 0.5) is 42.5 Å². The van der Waals surface area contributed by atoms with Gasteiger partial charge >= 0.3 is 18.4 Å². The number of nitrogens with one attached hydrogen (secondary N) is 2. The molecular weight excluding hydrogens is 514 g/mol. The number of pyridine rings is 2. The van der Waals surface area contributed by atoms with Crippen LogP contribution in [-0.2, 0) is 6.18 Å². The Morgan fingerprint density at radius 3 is 2.39 bits per heavy atom. The van der Waals surface area contributed by atoms with E-state index in [1.54, 1.807) is 46.2 Å². The molecule has 3 aromatic heterocycles. The number of alkyl halides is 6. The third-order valence-corrected chi connectivity index (χ3v) is 4.92. The Balaban J connectivity index is 0.00000361. The number of carbonyl (C=O) groups excluding carboxylic acids is 1. The second-order valence-corrected chi connectivity index (χ2v) is 7.45. The fourth-order valence-electron chi connectivity index (χ4n) is 3.33. The fraction of sp³-hybridized carbons (Fsp3) is 0.136. The Morgan fingerprint density at radius 2 is 1.72 bits per heavy atom. The lowest BCUT2D eigenvalue weighted by Gasteiger charge is -2.11. The summed E-state index contributed by atoms with van der Waals surface area (Å²) in [6.45, 7) is -1.46. The number of anilines is 2. The molecule has 36 heavy (non-hydrogen) atoms. The minimum Gasteiger partial charge on any atom is -0.398 e. The number of hydrogen-bond acceptors (Lipinski definition) is 4. The Labute approximate surface area is 205 Å². The molecule has 1 aromatic carbocycles. The largest absolute Gasteiger partial charge is 0.419 e. The number of nitrogens with zero attached hydrogens (tertiary/aromatic N) is 3. The molecule has 0 atom stereocenters. The maximum atomic E-state index is 12.9. The highest BCUT2D eigenvalue weighted by atomic mass is 35.5. The van der Waals surface area contributed by atoms with Gasteiger partial charge in [0, 0.05) is 34.9 Å². The van der Waals surface area contributed by atoms with Gasteiger partial charge in [-0.15, -0.1) is 12.4 Å². The van der Waals surface area contributed by atoms with Gasteiger partial charge in [0.25, 0.3) is 0 Å². The number of aromatic nitrogens is 3. The molecule has 0 aliphatic carbocycles. The summed E-state index contributed by atoms with van der Waals surface area (Å²) in [6.07, 6.45) is -5.29. The van der Waals surface area contributed by atoms with Gasteiger partial charge in [0.05, 0.1) is 23.1 Å². The highest BCUT2D eigenvalue weighted by molar-refractivity contribution is 5.90. The second kappa shape index (κ2) is 9.93. The lowest BCUT2D eigenvalue weighted by Crippen LogP contribution is -2.36. The first-order valence-electron chi connectivity index (χ1n) is 9.93. The van der Waals surface area contributed by atoms with Gasteiger partial charge in [-0.05, 0) is 30.3 Å². The van der Waals surface area contributed by atoms with Crippen LogP contribution in [0.1, 0.15) is 5.56 Å². The third-order valence-electron chi connectivity index (χ3n) is 4.92. The predicted molar refractivity (Wildman–Crippen MR) is 124 cm³/mol. The molecule has 2 amide bonds. The number of urea groups is 1. The van der Waals surface area contributed by atoms with Crippen molar-refractivity contribution in [2.24, 2.45) is 0 Å². The molecule has 0 spiro atoms. The molecule has 0 unspecified atom stereocenters. The molecule has 0 fully saturated rings. The summed E-state index contributed by atoms with van der Waals surface area (Å²) in [5, 5.41) is 4.06. The Morgan fingerprint density at radius 1 is 0.972 bits per heavy atom. The third kappa shape index (κ3) is 5.97. The van der Waals surface area contributed by atoms with Crippen LogP contribution < -0.4 is 16.4 Å². The minimum atomic E-state index is -4.61. The van der Waals surface area contributed by atoms with Crippen LogP contribution in [0, 0.1) is 0 Å². The van der Waals surface area contributed by atoms with E-state index >= 15 is 0 Å². The summed E-state index contributed by atoms with van der Waals surface area (Å²) in [5.41, 5.74) is 6.74. The molecular formula is C22H17ClF6N6O. The van der Waals surface area contributed by atoms with E-state index in [2.05, 4.69) is 15.3 Å². The Hall–Kier alpha value is -4.00. The number of halogens is 7. The van der Waals surface area contributed by atoms with E-state index in [-0.39, 0.29) is 23.8 Å². The van der Waals surface area contributed by atoms with Crippen molar-refractivity contribution in [1.82, 2.24) is 19.7 Å². The van der Waals surface area contributed by atoms with Crippen molar-refractivity contribution < 1.29 is 31.1 Å². The zero-order valence-electron chi connectivity index (χ0n) is 18.0. The van der Waals surface area contributed by atoms with Crippen molar-refractivity contribution in [3.05, 3.63) is 66.6 Å². The van der Waals surface area contributed by atoms with Gasteiger partial charge in [-0.1, -0.05) is 12.1 Å². The van der Waals surface area contributed by atoms with Gasteiger partial charge in [0.2, 0.25) is 0 Å². The van der Waals surface area contributed by atoms with Crippen LogP contribution >= 0.6 is 12.4 Å². The zero-order valence-corrected chi connectivity index (χ0v) is 18.8. The predicted octanol–water partition coefficient (Wildman–Crippen LogP) is 5.77. The highest BCUT2D eigenvalue weighted by Crippen LogP contribution is 2.35. The topological polar surface area (TPSA) is 97.3 Å². The quantitative estimate of drug-likeness (QED) is 0.292. The lowest BCUT2D eigenvalue weighted by atomic mass is 10.1. The van der Waals surface area contributed by atoms with Gasteiger partial charge < -0.3 is 16.4 Å². The first kappa shape index (κ1) is 26.6. The van der Waals surface area contributed by atoms with Crippen molar-refractivity contribution in [1.29, 1.82) is 0 Å². The molecule has 14 heteroatoms. The molecule has 7 nitrogen and oxygen atoms in total. The van der Waals surface area contributed by atoms with Gasteiger partial charge in [0.15, 0.2) is 0 Å². The van der Waals surface area contributed by atoms with Crippen LogP contribution in [0.2, 0.25) is 0 Å². The first-order valence-corrected chi connectivity index (χ1v) is 9.93. The molecule has 0 radical (unpaired) electrons. The second-order valence-electron chi connectivity index (χ2n) is 7.45. The van der Waals surface area contributed by atoms with Crippen molar-refractivity contribution in [3.63, 3.8) is 0 Å². The van der Waals surface area contributed by atoms with Crippen molar-refractivity contribution in [2.75, 3.05) is 17.6 Å². The average molecular weight is 531 g/mol. The molecule has 0 aliphatic rings. The van der Waals surface area contributed by atoms with Gasteiger partial charge in [-0.3, -0.25) is 9.38 Å². The summed E-state index contributed by atoms with van der Waals surface area (Å²) in [4.78, 5) is 19.9. The van der Waals surface area contributed by atoms with Gasteiger partial charge in [-0.25, -0.2) is 9.78 Å². The molecule has 0 bridgehead atoms. The number of fused-ring (bicyclic) bond motifs is 1. The summed E-state index contributed by atoms with van der Waals surface area (Å²) >= 11 is 0. The number of nitrogens with two attached hydrogens (primary N) is 1. The number of rotatable bonds is 4. The number of carbonyl (C=O) groups is 1. The van der Waals surface area contributed by atoms with Gasteiger partial charge in [0.1, 0.15) is 12.2 Å². The number of benzene rings is 1. The van der Waals surface area contributed by atoms with E-state index in [9.17, 15) is 31.1 Å². The van der Waals surface area contributed by atoms with Crippen molar-refractivity contribution >= 4 is 35.5 Å². The highest BCUT2D eigenvalue weighted by Gasteiger charge is 2.33. The summed E-state index contributed by atoms with van der Waals surface area (Å²) in [7, 11) is 0. The van der Waals surface area contributed by atoms with Crippen molar-refractivity contribution in [3.8, 4) is 22.5 Å². The standard InChI is InChI=1S/C22H16F6N6O.ClH/c23-21(24,25)11-32-20(35)33-14-3-1-2-13(6-14)18-10-31-19-7-12(4-5-34(18)19)17-8-16(29)15(9-30-17)22(26,27)28;/h1-10H,11H2,(H2,29,30)(H2,32,33,35);1H. The van der Waals surface area contributed by atoms with Crippen LogP contribution in [0.15, 0.2) is 61.1 Å². The van der Waals surface area contributed by atoms with Crippen LogP contribution in [0.3, 0.4) is 0 Å². The smallest absolute Gasteiger partial charge is 0.398 e. The van der Waals surface area contributed by atoms with Crippen LogP contribution in [0.25, 0.3) is 28.2 Å². The van der Waals surface area contributed by atoms with E-state index in [1.165, 1.54) is 12.3 Å². The molecule has 4 aromatic rings. The zero-order chi connectivity index (χ0) is 25.4. The van der Waals surface area contributed by atoms with Crippen LogP contribution in [-0.4, -0.2) is 33.1 Å². The Kier molecular flexibility index (Phi) is 7.34. The molecule has 0 saturated heterocycles. The van der Waals surface area contributed by atoms with E-state index in [1.807, 2.05) is 0 Å². The summed E-state index contributed by atoms with van der Waals surface area (Å²) in [6, 6.07) is 9.76. The lowest BCUT2D eigenvalue weighted by molar-refractivity contribution is -0.137. The van der Waals surface area contributed by atoms with E-state index in [0.29, 0.717) is 28.7 Å². The van der Waals surface area contributed by atoms with E-state index in [0.717, 1.165) is 6.07 Å². The molecule has 3 heterocycles. The van der Waals surface area contributed by atoms with Crippen molar-refractivity contribution in [2.45, 2.75) is 12.4 Å². The molecule has 0 saturated carbocycles. The van der Waals surface area contributed by atoms with Gasteiger partial charge in [-0.2, -0.15) is 26.3 Å². The normalized spacial score (nSPS) is 11.7. The Bertz CT molecular complexity index is 1400. The molecule has 0 aliphatic heterocycles. The molecule has 4 rings (SSSR count). The van der Waals surface area contributed by atoms with E-state index < -0.39 is 36.2 Å². The number of hydrogen-bond donors (Lipinski definition) is 3. The average Bonchev–Trinajstić information content (AvgIpc) is 3.20. The SMILES string of the molecule is Cl.Nc1cc(-c2ccn3c(-c4cccc(NC(=O)NCC(F)(F)F)c4)cnc3c2)ncc1C(F)(F)F. The maximum Gasteiger partial charge on any atom is 0.419 e. The van der Waals surface area contributed by atoms with E-state index in [4.69, 9.17) is 5.73 Å². The number of amides is 2. The molecule has 4 N–H and O–H groups in total. The minimum absolute atomic E-state index is 0.